The summed E-state index contributed by atoms with van der Waals surface area (Å²) in [6.45, 7) is 8.15. The van der Waals surface area contributed by atoms with E-state index in [-0.39, 0.29) is 0 Å². The van der Waals surface area contributed by atoms with E-state index >= 15 is 0 Å². The quantitative estimate of drug-likeness (QED) is 0.908. The highest BCUT2D eigenvalue weighted by atomic mass is 35.5. The van der Waals surface area contributed by atoms with Crippen LogP contribution in [0, 0.1) is 12.8 Å². The van der Waals surface area contributed by atoms with Gasteiger partial charge in [-0.2, -0.15) is 5.10 Å². The molecule has 1 aromatic rings. The van der Waals surface area contributed by atoms with Gasteiger partial charge in [-0.15, -0.1) is 0 Å². The molecule has 1 aromatic heterocycles. The summed E-state index contributed by atoms with van der Waals surface area (Å²) in [5.41, 5.74) is 2.12. The molecule has 5 heteroatoms. The number of nitrogens with one attached hydrogen (secondary N) is 1. The van der Waals surface area contributed by atoms with Crippen LogP contribution in [0.4, 0.5) is 0 Å². The highest BCUT2D eigenvalue weighted by molar-refractivity contribution is 6.30. The third kappa shape index (κ3) is 3.96. The van der Waals surface area contributed by atoms with Crippen molar-refractivity contribution in [3.05, 3.63) is 16.4 Å². The minimum Gasteiger partial charge on any atom is -0.378 e. The standard InChI is InChI=1S/C15H26ClN3O/c1-10(2)7-13-8-12(5-6-20-13)17-9-14-11(3)18-19(4)15(14)16/h10,12-13,17H,5-9H2,1-4H3/t12-,13+/m1/s1. The Morgan fingerprint density at radius 1 is 1.50 bits per heavy atom. The van der Waals surface area contributed by atoms with Gasteiger partial charge >= 0.3 is 0 Å². The lowest BCUT2D eigenvalue weighted by Crippen LogP contribution is -2.39. The van der Waals surface area contributed by atoms with Crippen LogP contribution in [0.2, 0.25) is 5.15 Å². The molecule has 1 aliphatic rings. The van der Waals surface area contributed by atoms with E-state index in [1.165, 1.54) is 0 Å². The van der Waals surface area contributed by atoms with Crippen LogP contribution in [0.1, 0.15) is 44.4 Å². The van der Waals surface area contributed by atoms with Crippen LogP contribution < -0.4 is 5.32 Å². The predicted octanol–water partition coefficient (Wildman–Crippen LogP) is 3.07. The fourth-order valence-electron chi connectivity index (χ4n) is 2.88. The van der Waals surface area contributed by atoms with Crippen molar-refractivity contribution in [1.82, 2.24) is 15.1 Å². The zero-order valence-corrected chi connectivity index (χ0v) is 13.7. The molecule has 1 fully saturated rings. The number of aryl methyl sites for hydroxylation is 2. The van der Waals surface area contributed by atoms with E-state index in [4.69, 9.17) is 16.3 Å². The molecule has 0 bridgehead atoms. The lowest BCUT2D eigenvalue weighted by Gasteiger charge is -2.31. The molecule has 2 heterocycles. The Labute approximate surface area is 126 Å². The van der Waals surface area contributed by atoms with E-state index in [0.29, 0.717) is 18.1 Å². The van der Waals surface area contributed by atoms with Crippen molar-refractivity contribution in [2.75, 3.05) is 6.61 Å². The Hall–Kier alpha value is -0.580. The van der Waals surface area contributed by atoms with Crippen molar-refractivity contribution >= 4 is 11.6 Å². The summed E-state index contributed by atoms with van der Waals surface area (Å²) in [5, 5.41) is 8.70. The number of aromatic nitrogens is 2. The molecule has 0 unspecified atom stereocenters. The molecule has 1 N–H and O–H groups in total. The maximum absolute atomic E-state index is 6.27. The van der Waals surface area contributed by atoms with E-state index in [0.717, 1.165) is 48.8 Å². The van der Waals surface area contributed by atoms with Gasteiger partial charge in [0.1, 0.15) is 5.15 Å². The smallest absolute Gasteiger partial charge is 0.131 e. The molecule has 0 aromatic carbocycles. The van der Waals surface area contributed by atoms with Gasteiger partial charge in [0.2, 0.25) is 0 Å². The van der Waals surface area contributed by atoms with Gasteiger partial charge < -0.3 is 10.1 Å². The summed E-state index contributed by atoms with van der Waals surface area (Å²) in [7, 11) is 1.88. The van der Waals surface area contributed by atoms with Gasteiger partial charge in [-0.3, -0.25) is 4.68 Å². The largest absolute Gasteiger partial charge is 0.378 e. The molecular formula is C15H26ClN3O. The molecule has 0 amide bonds. The molecule has 20 heavy (non-hydrogen) atoms. The van der Waals surface area contributed by atoms with Gasteiger partial charge in [0.15, 0.2) is 0 Å². The number of halogens is 1. The highest BCUT2D eigenvalue weighted by Crippen LogP contribution is 2.22. The first-order valence-electron chi connectivity index (χ1n) is 7.50. The SMILES string of the molecule is Cc1nn(C)c(Cl)c1CN[C@@H]1CCO[C@@H](CC(C)C)C1. The number of ether oxygens (including phenoxy) is 1. The first kappa shape index (κ1) is 15.8. The van der Waals surface area contributed by atoms with E-state index in [2.05, 4.69) is 24.3 Å². The second-order valence-corrected chi connectivity index (χ2v) is 6.56. The minimum atomic E-state index is 0.395. The summed E-state index contributed by atoms with van der Waals surface area (Å²) >= 11 is 6.27. The maximum Gasteiger partial charge on any atom is 0.131 e. The topological polar surface area (TPSA) is 39.1 Å². The van der Waals surface area contributed by atoms with Crippen LogP contribution in [0.5, 0.6) is 0 Å². The Kier molecular flexibility index (Phi) is 5.47. The second-order valence-electron chi connectivity index (χ2n) is 6.20. The van der Waals surface area contributed by atoms with Gasteiger partial charge in [0.25, 0.3) is 0 Å². The molecule has 4 nitrogen and oxygen atoms in total. The zero-order valence-electron chi connectivity index (χ0n) is 12.9. The lowest BCUT2D eigenvalue weighted by molar-refractivity contribution is -0.00957. The van der Waals surface area contributed by atoms with Crippen LogP contribution in [-0.4, -0.2) is 28.5 Å². The van der Waals surface area contributed by atoms with Crippen LogP contribution in [0.25, 0.3) is 0 Å². The van der Waals surface area contributed by atoms with Crippen LogP contribution >= 0.6 is 11.6 Å². The van der Waals surface area contributed by atoms with Crippen molar-refractivity contribution in [2.24, 2.45) is 13.0 Å². The molecule has 1 aliphatic heterocycles. The predicted molar refractivity (Wildman–Crippen MR) is 82.0 cm³/mol. The molecule has 1 saturated heterocycles. The molecule has 0 spiro atoms. The normalized spacial score (nSPS) is 23.5. The maximum atomic E-state index is 6.27. The van der Waals surface area contributed by atoms with Crippen molar-refractivity contribution < 1.29 is 4.74 Å². The Morgan fingerprint density at radius 2 is 2.25 bits per heavy atom. The second kappa shape index (κ2) is 6.92. The van der Waals surface area contributed by atoms with Crippen LogP contribution in [0.3, 0.4) is 0 Å². The van der Waals surface area contributed by atoms with Crippen LogP contribution in [0.15, 0.2) is 0 Å². The van der Waals surface area contributed by atoms with Gasteiger partial charge in [-0.05, 0) is 32.1 Å². The number of hydrogen-bond donors (Lipinski definition) is 1. The highest BCUT2D eigenvalue weighted by Gasteiger charge is 2.23. The minimum absolute atomic E-state index is 0.395. The van der Waals surface area contributed by atoms with Gasteiger partial charge in [0.05, 0.1) is 11.8 Å². The average Bonchev–Trinajstić information content (AvgIpc) is 2.61. The van der Waals surface area contributed by atoms with E-state index < -0.39 is 0 Å². The average molecular weight is 300 g/mol. The third-order valence-electron chi connectivity index (χ3n) is 3.94. The van der Waals surface area contributed by atoms with Crippen molar-refractivity contribution in [3.63, 3.8) is 0 Å². The first-order chi connectivity index (χ1) is 9.47. The summed E-state index contributed by atoms with van der Waals surface area (Å²) in [6, 6.07) is 0.517. The van der Waals surface area contributed by atoms with E-state index in [1.54, 1.807) is 4.68 Å². The lowest BCUT2D eigenvalue weighted by atomic mass is 9.96. The Balaban J connectivity index is 1.87. The van der Waals surface area contributed by atoms with E-state index in [9.17, 15) is 0 Å². The van der Waals surface area contributed by atoms with E-state index in [1.807, 2.05) is 14.0 Å². The fraction of sp³-hybridized carbons (Fsp3) is 0.800. The molecule has 0 aliphatic carbocycles. The third-order valence-corrected chi connectivity index (χ3v) is 4.41. The Bertz CT molecular complexity index is 445. The number of hydrogen-bond acceptors (Lipinski definition) is 3. The van der Waals surface area contributed by atoms with Gasteiger partial charge in [0, 0.05) is 31.8 Å². The van der Waals surface area contributed by atoms with Crippen molar-refractivity contribution in [3.8, 4) is 0 Å². The number of nitrogens with zero attached hydrogens (tertiary/aromatic N) is 2. The first-order valence-corrected chi connectivity index (χ1v) is 7.88. The summed E-state index contributed by atoms with van der Waals surface area (Å²) in [4.78, 5) is 0. The number of rotatable bonds is 5. The molecule has 0 radical (unpaired) electrons. The van der Waals surface area contributed by atoms with Crippen LogP contribution in [-0.2, 0) is 18.3 Å². The monoisotopic (exact) mass is 299 g/mol. The molecule has 2 rings (SSSR count). The molecule has 0 saturated carbocycles. The van der Waals surface area contributed by atoms with Gasteiger partial charge in [-0.25, -0.2) is 0 Å². The zero-order chi connectivity index (χ0) is 14.7. The Morgan fingerprint density at radius 3 is 2.85 bits per heavy atom. The summed E-state index contributed by atoms with van der Waals surface area (Å²) < 4.78 is 7.58. The summed E-state index contributed by atoms with van der Waals surface area (Å²) in [5.74, 6) is 0.689. The molecule has 2 atom stereocenters. The van der Waals surface area contributed by atoms with Crippen molar-refractivity contribution in [1.29, 1.82) is 0 Å². The van der Waals surface area contributed by atoms with Crippen molar-refractivity contribution in [2.45, 2.75) is 58.7 Å². The molecule has 114 valence electrons. The summed E-state index contributed by atoms with van der Waals surface area (Å²) in [6.07, 6.45) is 3.71. The molecular weight excluding hydrogens is 274 g/mol. The van der Waals surface area contributed by atoms with Gasteiger partial charge in [-0.1, -0.05) is 25.4 Å². The fourth-order valence-corrected chi connectivity index (χ4v) is 3.12.